The van der Waals surface area contributed by atoms with Crippen molar-refractivity contribution in [1.29, 1.82) is 0 Å². The number of benzene rings is 2. The summed E-state index contributed by atoms with van der Waals surface area (Å²) < 4.78 is 11.3. The Morgan fingerprint density at radius 2 is 2.07 bits per heavy atom. The van der Waals surface area contributed by atoms with E-state index in [1.54, 1.807) is 23.1 Å². The molecule has 6 heteroatoms. The zero-order chi connectivity index (χ0) is 20.4. The number of ether oxygens (including phenoxy) is 2. The largest absolute Gasteiger partial charge is 0.489 e. The van der Waals surface area contributed by atoms with E-state index < -0.39 is 11.4 Å². The Morgan fingerprint density at radius 1 is 1.24 bits per heavy atom. The minimum absolute atomic E-state index is 0.166. The van der Waals surface area contributed by atoms with E-state index in [2.05, 4.69) is 6.07 Å². The number of carboxylic acid groups (broad SMARTS) is 1. The van der Waals surface area contributed by atoms with Gasteiger partial charge in [-0.3, -0.25) is 9.59 Å². The molecule has 4 rings (SSSR count). The van der Waals surface area contributed by atoms with Crippen LogP contribution in [0.2, 0.25) is 0 Å². The average Bonchev–Trinajstić information content (AvgIpc) is 3.13. The van der Waals surface area contributed by atoms with E-state index in [1.165, 1.54) is 5.56 Å². The monoisotopic (exact) mass is 395 g/mol. The van der Waals surface area contributed by atoms with Crippen LogP contribution in [0.4, 0.5) is 0 Å². The Morgan fingerprint density at radius 3 is 2.83 bits per heavy atom. The van der Waals surface area contributed by atoms with Crippen LogP contribution in [0.3, 0.4) is 0 Å². The number of aryl methyl sites for hydroxylation is 1. The van der Waals surface area contributed by atoms with Crippen LogP contribution in [0.15, 0.2) is 48.5 Å². The predicted octanol–water partition coefficient (Wildman–Crippen LogP) is 3.14. The molecule has 1 amide bonds. The van der Waals surface area contributed by atoms with E-state index in [0.717, 1.165) is 5.56 Å². The lowest BCUT2D eigenvalue weighted by atomic mass is 9.74. The third-order valence-electron chi connectivity index (χ3n) is 5.99. The Balaban J connectivity index is 1.47. The van der Waals surface area contributed by atoms with Gasteiger partial charge in [0.05, 0.1) is 12.0 Å². The molecule has 2 aromatic carbocycles. The minimum Gasteiger partial charge on any atom is -0.489 e. The Labute approximate surface area is 170 Å². The van der Waals surface area contributed by atoms with Gasteiger partial charge in [-0.25, -0.2) is 0 Å². The maximum atomic E-state index is 13.1. The second-order valence-corrected chi connectivity index (χ2v) is 7.97. The fraction of sp³-hybridized carbons (Fsp3) is 0.391. The van der Waals surface area contributed by atoms with E-state index in [-0.39, 0.29) is 18.4 Å². The molecule has 0 unspecified atom stereocenters. The van der Waals surface area contributed by atoms with E-state index >= 15 is 0 Å². The molecule has 2 fully saturated rings. The lowest BCUT2D eigenvalue weighted by molar-refractivity contribution is -0.157. The van der Waals surface area contributed by atoms with Crippen molar-refractivity contribution in [2.75, 3.05) is 26.3 Å². The zero-order valence-corrected chi connectivity index (χ0v) is 16.5. The summed E-state index contributed by atoms with van der Waals surface area (Å²) in [6, 6.07) is 15.2. The lowest BCUT2D eigenvalue weighted by Crippen LogP contribution is -2.45. The summed E-state index contributed by atoms with van der Waals surface area (Å²) in [4.78, 5) is 26.7. The van der Waals surface area contributed by atoms with Crippen LogP contribution in [0.25, 0.3) is 0 Å². The minimum atomic E-state index is -0.896. The number of aliphatic carboxylic acids is 1. The molecule has 0 spiro atoms. The Kier molecular flexibility index (Phi) is 5.28. The highest BCUT2D eigenvalue weighted by atomic mass is 16.5. The summed E-state index contributed by atoms with van der Waals surface area (Å²) in [6.07, 6.45) is 0.441. The van der Waals surface area contributed by atoms with Crippen molar-refractivity contribution in [2.24, 2.45) is 11.3 Å². The number of nitrogens with zero attached hydrogens (tertiary/aromatic N) is 1. The smallest absolute Gasteiger partial charge is 0.311 e. The summed E-state index contributed by atoms with van der Waals surface area (Å²) in [7, 11) is 0. The number of likely N-dealkylation sites (tertiary alicyclic amines) is 1. The van der Waals surface area contributed by atoms with Crippen LogP contribution in [0.5, 0.6) is 5.75 Å². The zero-order valence-electron chi connectivity index (χ0n) is 16.5. The predicted molar refractivity (Wildman–Crippen MR) is 107 cm³/mol. The molecule has 2 heterocycles. The number of hydrogen-bond acceptors (Lipinski definition) is 4. The van der Waals surface area contributed by atoms with Gasteiger partial charge in [0.2, 0.25) is 0 Å². The van der Waals surface area contributed by atoms with Crippen molar-refractivity contribution in [3.8, 4) is 5.75 Å². The number of fused-ring (bicyclic) bond motifs is 1. The van der Waals surface area contributed by atoms with Gasteiger partial charge in [0.15, 0.2) is 0 Å². The topological polar surface area (TPSA) is 76.1 Å². The molecule has 2 aromatic rings. The Hall–Kier alpha value is -2.86. The van der Waals surface area contributed by atoms with Crippen LogP contribution in [-0.2, 0) is 16.1 Å². The summed E-state index contributed by atoms with van der Waals surface area (Å²) in [6.45, 7) is 3.89. The SMILES string of the molecule is Cc1cccc(COc2cccc(C(=O)N3C[C@H]4COCC[C@@]4(C(=O)O)C3)c2)c1. The summed E-state index contributed by atoms with van der Waals surface area (Å²) in [5.41, 5.74) is 1.84. The molecule has 0 aromatic heterocycles. The molecular weight excluding hydrogens is 370 g/mol. The molecule has 152 valence electrons. The number of carbonyl (C=O) groups is 2. The van der Waals surface area contributed by atoms with E-state index in [0.29, 0.717) is 44.1 Å². The third kappa shape index (κ3) is 3.85. The molecule has 2 saturated heterocycles. The van der Waals surface area contributed by atoms with E-state index in [1.807, 2.05) is 31.2 Å². The number of rotatable bonds is 5. The van der Waals surface area contributed by atoms with Crippen molar-refractivity contribution in [3.05, 3.63) is 65.2 Å². The molecule has 2 aliphatic rings. The first-order valence-corrected chi connectivity index (χ1v) is 9.87. The van der Waals surface area contributed by atoms with Crippen LogP contribution in [-0.4, -0.2) is 48.2 Å². The van der Waals surface area contributed by atoms with E-state index in [4.69, 9.17) is 9.47 Å². The van der Waals surface area contributed by atoms with Crippen molar-refractivity contribution in [3.63, 3.8) is 0 Å². The van der Waals surface area contributed by atoms with Gasteiger partial charge >= 0.3 is 5.97 Å². The standard InChI is InChI=1S/C23H25NO5/c1-16-4-2-5-17(10-16)13-29-20-7-3-6-18(11-20)21(25)24-12-19-14-28-9-8-23(19,15-24)22(26)27/h2-7,10-11,19H,8-9,12-15H2,1H3,(H,26,27)/t19-,23+/m0/s1. The number of amides is 1. The maximum Gasteiger partial charge on any atom is 0.311 e. The molecule has 2 atom stereocenters. The van der Waals surface area contributed by atoms with Gasteiger partial charge < -0.3 is 19.5 Å². The molecule has 0 bridgehead atoms. The molecule has 0 radical (unpaired) electrons. The van der Waals surface area contributed by atoms with Crippen molar-refractivity contribution in [1.82, 2.24) is 4.90 Å². The third-order valence-corrected chi connectivity index (χ3v) is 5.99. The normalized spacial score (nSPS) is 23.5. The first kappa shape index (κ1) is 19.5. The maximum absolute atomic E-state index is 13.1. The van der Waals surface area contributed by atoms with Gasteiger partial charge in [-0.2, -0.15) is 0 Å². The highest BCUT2D eigenvalue weighted by molar-refractivity contribution is 5.95. The molecular formula is C23H25NO5. The molecule has 1 N–H and O–H groups in total. The van der Waals surface area contributed by atoms with Gasteiger partial charge in [0.1, 0.15) is 12.4 Å². The van der Waals surface area contributed by atoms with Crippen LogP contribution >= 0.6 is 0 Å². The first-order valence-electron chi connectivity index (χ1n) is 9.87. The van der Waals surface area contributed by atoms with Gasteiger partial charge in [-0.15, -0.1) is 0 Å². The number of carboxylic acids is 1. The number of hydrogen-bond donors (Lipinski definition) is 1. The first-order chi connectivity index (χ1) is 14.0. The van der Waals surface area contributed by atoms with E-state index in [9.17, 15) is 14.7 Å². The van der Waals surface area contributed by atoms with Gasteiger partial charge in [0, 0.05) is 31.2 Å². The molecule has 6 nitrogen and oxygen atoms in total. The number of carbonyl (C=O) groups excluding carboxylic acids is 1. The quantitative estimate of drug-likeness (QED) is 0.842. The van der Waals surface area contributed by atoms with Crippen molar-refractivity contribution < 1.29 is 24.2 Å². The summed E-state index contributed by atoms with van der Waals surface area (Å²) >= 11 is 0. The second-order valence-electron chi connectivity index (χ2n) is 7.97. The van der Waals surface area contributed by atoms with Crippen LogP contribution in [0.1, 0.15) is 27.9 Å². The fourth-order valence-corrected chi connectivity index (χ4v) is 4.32. The fourth-order valence-electron chi connectivity index (χ4n) is 4.32. The van der Waals surface area contributed by atoms with Crippen LogP contribution in [0, 0.1) is 18.3 Å². The highest BCUT2D eigenvalue weighted by Crippen LogP contribution is 2.42. The van der Waals surface area contributed by atoms with Gasteiger partial charge in [0.25, 0.3) is 5.91 Å². The van der Waals surface area contributed by atoms with Gasteiger partial charge in [-0.1, -0.05) is 35.9 Å². The van der Waals surface area contributed by atoms with Crippen molar-refractivity contribution in [2.45, 2.75) is 20.0 Å². The second kappa shape index (κ2) is 7.87. The molecule has 0 aliphatic carbocycles. The summed E-state index contributed by atoms with van der Waals surface area (Å²) in [5.74, 6) is -0.555. The Bertz CT molecular complexity index is 927. The van der Waals surface area contributed by atoms with Crippen molar-refractivity contribution >= 4 is 11.9 Å². The van der Waals surface area contributed by atoms with Crippen LogP contribution < -0.4 is 4.74 Å². The highest BCUT2D eigenvalue weighted by Gasteiger charge is 2.54. The lowest BCUT2D eigenvalue weighted by Gasteiger charge is -2.33. The molecule has 2 aliphatic heterocycles. The summed E-state index contributed by atoms with van der Waals surface area (Å²) in [5, 5.41) is 9.80. The van der Waals surface area contributed by atoms with Gasteiger partial charge in [-0.05, 0) is 37.1 Å². The average molecular weight is 395 g/mol. The molecule has 0 saturated carbocycles. The molecule has 29 heavy (non-hydrogen) atoms.